The summed E-state index contributed by atoms with van der Waals surface area (Å²) in [5, 5.41) is 1.81. The maximum atomic E-state index is 13.2. The van der Waals surface area contributed by atoms with Crippen molar-refractivity contribution in [3.05, 3.63) is 62.4 Å². The zero-order valence-corrected chi connectivity index (χ0v) is 19.2. The van der Waals surface area contributed by atoms with Crippen molar-refractivity contribution in [3.63, 3.8) is 0 Å². The normalized spacial score (nSPS) is 21.5. The molecule has 0 spiro atoms. The fourth-order valence-electron chi connectivity index (χ4n) is 5.08. The van der Waals surface area contributed by atoms with Crippen molar-refractivity contribution in [1.82, 2.24) is 14.5 Å². The molecule has 1 N–H and O–H groups in total. The van der Waals surface area contributed by atoms with Crippen molar-refractivity contribution in [2.24, 2.45) is 11.8 Å². The van der Waals surface area contributed by atoms with Gasteiger partial charge in [0.05, 0.1) is 5.52 Å². The minimum Gasteiger partial charge on any atom is -0.368 e. The Labute approximate surface area is 194 Å². The molecule has 0 atom stereocenters. The van der Waals surface area contributed by atoms with E-state index in [4.69, 9.17) is 0 Å². The number of nitrogens with one attached hydrogen (secondary N) is 1. The Balaban J connectivity index is 1.15. The van der Waals surface area contributed by atoms with E-state index in [1.807, 2.05) is 10.3 Å². The summed E-state index contributed by atoms with van der Waals surface area (Å²) in [7, 11) is 0. The third kappa shape index (κ3) is 4.46. The van der Waals surface area contributed by atoms with Gasteiger partial charge in [-0.1, -0.05) is 0 Å². The Kier molecular flexibility index (Phi) is 6.05. The van der Waals surface area contributed by atoms with E-state index in [2.05, 4.69) is 9.88 Å². The minimum absolute atomic E-state index is 0.00778. The first-order valence-electron chi connectivity index (χ1n) is 11.5. The molecule has 9 heteroatoms. The van der Waals surface area contributed by atoms with E-state index >= 15 is 0 Å². The van der Waals surface area contributed by atoms with E-state index in [1.54, 1.807) is 18.2 Å². The molecule has 1 saturated carbocycles. The predicted molar refractivity (Wildman–Crippen MR) is 127 cm³/mol. The summed E-state index contributed by atoms with van der Waals surface area (Å²) in [6, 6.07) is 8.24. The van der Waals surface area contributed by atoms with Gasteiger partial charge in [0.15, 0.2) is 0 Å². The molecule has 1 amide bonds. The van der Waals surface area contributed by atoms with Crippen molar-refractivity contribution in [2.45, 2.75) is 32.2 Å². The van der Waals surface area contributed by atoms with Crippen LogP contribution in [0.15, 0.2) is 45.3 Å². The van der Waals surface area contributed by atoms with Crippen LogP contribution in [0.3, 0.4) is 0 Å². The third-order valence-corrected chi connectivity index (χ3v) is 7.91. The standard InChI is InChI=1S/C24H27FN4O3S/c25-18-5-7-19(8-6-18)27-10-12-28(13-11-27)22(30)17-3-1-16(2-4-17)15-29-23(31)21-20(9-14-33-21)26-24(29)32/h5-9,14,16-17H,1-4,10-13,15H2,(H,26,32). The Morgan fingerprint density at radius 2 is 1.70 bits per heavy atom. The van der Waals surface area contributed by atoms with Gasteiger partial charge >= 0.3 is 5.69 Å². The molecule has 7 nitrogen and oxygen atoms in total. The molecule has 2 aliphatic rings. The van der Waals surface area contributed by atoms with Gasteiger partial charge in [-0.25, -0.2) is 9.18 Å². The zero-order valence-electron chi connectivity index (χ0n) is 18.3. The first kappa shape index (κ1) is 21.9. The van der Waals surface area contributed by atoms with Gasteiger partial charge in [0.2, 0.25) is 5.91 Å². The highest BCUT2D eigenvalue weighted by Crippen LogP contribution is 2.31. The van der Waals surface area contributed by atoms with E-state index in [0.29, 0.717) is 29.9 Å². The number of aromatic nitrogens is 2. The zero-order chi connectivity index (χ0) is 22.9. The molecular formula is C24H27FN4O3S. The number of benzene rings is 1. The van der Waals surface area contributed by atoms with Crippen LogP contribution in [0.1, 0.15) is 25.7 Å². The SMILES string of the molecule is O=C(C1CCC(Cn2c(=O)[nH]c3ccsc3c2=O)CC1)N1CCN(c2ccc(F)cc2)CC1. The summed E-state index contributed by atoms with van der Waals surface area (Å²) in [4.78, 5) is 45.1. The average Bonchev–Trinajstić information content (AvgIpc) is 3.31. The number of hydrogen-bond acceptors (Lipinski definition) is 5. The van der Waals surface area contributed by atoms with Crippen LogP contribution in [0.25, 0.3) is 10.2 Å². The summed E-state index contributed by atoms with van der Waals surface area (Å²) in [6.45, 7) is 3.22. The molecule has 3 heterocycles. The number of nitrogens with zero attached hydrogens (tertiary/aromatic N) is 3. The predicted octanol–water partition coefficient (Wildman–Crippen LogP) is 3.05. The molecule has 5 rings (SSSR count). The molecule has 0 radical (unpaired) electrons. The van der Waals surface area contributed by atoms with Gasteiger partial charge in [-0.3, -0.25) is 14.2 Å². The number of H-pyrrole nitrogens is 1. The van der Waals surface area contributed by atoms with Crippen molar-refractivity contribution in [2.75, 3.05) is 31.1 Å². The van der Waals surface area contributed by atoms with E-state index in [-0.39, 0.29) is 34.8 Å². The molecule has 0 unspecified atom stereocenters. The Hall–Kier alpha value is -2.94. The van der Waals surface area contributed by atoms with Gasteiger partial charge in [-0.15, -0.1) is 11.3 Å². The second kappa shape index (κ2) is 9.13. The molecule has 2 fully saturated rings. The summed E-state index contributed by atoms with van der Waals surface area (Å²) >= 11 is 1.34. The maximum absolute atomic E-state index is 13.2. The number of rotatable bonds is 4. The topological polar surface area (TPSA) is 78.4 Å². The molecule has 1 aromatic carbocycles. The van der Waals surface area contributed by atoms with Crippen LogP contribution in [-0.2, 0) is 11.3 Å². The largest absolute Gasteiger partial charge is 0.368 e. The highest BCUT2D eigenvalue weighted by molar-refractivity contribution is 7.17. The number of halogens is 1. The quantitative estimate of drug-likeness (QED) is 0.636. The van der Waals surface area contributed by atoms with Crippen molar-refractivity contribution < 1.29 is 9.18 Å². The molecule has 33 heavy (non-hydrogen) atoms. The van der Waals surface area contributed by atoms with E-state index in [9.17, 15) is 18.8 Å². The van der Waals surface area contributed by atoms with Gasteiger partial charge in [0, 0.05) is 44.3 Å². The number of carbonyl (C=O) groups excluding carboxylic acids is 1. The van der Waals surface area contributed by atoms with Gasteiger partial charge < -0.3 is 14.8 Å². The summed E-state index contributed by atoms with van der Waals surface area (Å²) < 4.78 is 15.1. The molecule has 174 valence electrons. The number of amides is 1. The maximum Gasteiger partial charge on any atom is 0.328 e. The van der Waals surface area contributed by atoms with Gasteiger partial charge in [0.1, 0.15) is 10.5 Å². The fraction of sp³-hybridized carbons (Fsp3) is 0.458. The first-order chi connectivity index (χ1) is 16.0. The van der Waals surface area contributed by atoms with Crippen molar-refractivity contribution in [3.8, 4) is 0 Å². The third-order valence-electron chi connectivity index (χ3n) is 7.01. The number of fused-ring (bicyclic) bond motifs is 1. The molecular weight excluding hydrogens is 443 g/mol. The Morgan fingerprint density at radius 3 is 2.39 bits per heavy atom. The number of anilines is 1. The summed E-state index contributed by atoms with van der Waals surface area (Å²) in [5.74, 6) is 0.195. The molecule has 1 aliphatic carbocycles. The molecule has 1 aliphatic heterocycles. The van der Waals surface area contributed by atoms with Crippen molar-refractivity contribution >= 4 is 33.1 Å². The molecule has 3 aromatic rings. The lowest BCUT2D eigenvalue weighted by Crippen LogP contribution is -2.50. The number of hydrogen-bond donors (Lipinski definition) is 1. The average molecular weight is 471 g/mol. The van der Waals surface area contributed by atoms with Crippen molar-refractivity contribution in [1.29, 1.82) is 0 Å². The van der Waals surface area contributed by atoms with Crippen LogP contribution in [0.2, 0.25) is 0 Å². The number of thiophene rings is 1. The van der Waals surface area contributed by atoms with Crippen LogP contribution >= 0.6 is 11.3 Å². The fourth-order valence-corrected chi connectivity index (χ4v) is 5.88. The lowest BCUT2D eigenvalue weighted by Gasteiger charge is -2.38. The molecule has 1 saturated heterocycles. The summed E-state index contributed by atoms with van der Waals surface area (Å²) in [6.07, 6.45) is 3.24. The van der Waals surface area contributed by atoms with Crippen LogP contribution in [0, 0.1) is 17.7 Å². The molecule has 0 bridgehead atoms. The van der Waals surface area contributed by atoms with Gasteiger partial charge in [-0.2, -0.15) is 0 Å². The lowest BCUT2D eigenvalue weighted by atomic mass is 9.81. The van der Waals surface area contributed by atoms with Gasteiger partial charge in [0.25, 0.3) is 5.56 Å². The lowest BCUT2D eigenvalue weighted by molar-refractivity contribution is -0.137. The monoisotopic (exact) mass is 470 g/mol. The number of carbonyl (C=O) groups is 1. The second-order valence-corrected chi connectivity index (χ2v) is 9.93. The smallest absolute Gasteiger partial charge is 0.328 e. The summed E-state index contributed by atoms with van der Waals surface area (Å²) in [5.41, 5.74) is 0.999. The van der Waals surface area contributed by atoms with Crippen LogP contribution < -0.4 is 16.1 Å². The first-order valence-corrected chi connectivity index (χ1v) is 12.4. The van der Waals surface area contributed by atoms with Gasteiger partial charge in [-0.05, 0) is 67.3 Å². The minimum atomic E-state index is -0.358. The highest BCUT2D eigenvalue weighted by Gasteiger charge is 2.31. The Bertz CT molecular complexity index is 1250. The highest BCUT2D eigenvalue weighted by atomic mass is 32.1. The molecule has 2 aromatic heterocycles. The second-order valence-electron chi connectivity index (χ2n) is 9.02. The van der Waals surface area contributed by atoms with E-state index in [0.717, 1.165) is 44.5 Å². The van der Waals surface area contributed by atoms with E-state index in [1.165, 1.54) is 28.0 Å². The van der Waals surface area contributed by atoms with Crippen LogP contribution in [-0.4, -0.2) is 46.5 Å². The number of aromatic amines is 1. The van der Waals surface area contributed by atoms with Crippen LogP contribution in [0.5, 0.6) is 0 Å². The van der Waals surface area contributed by atoms with Crippen LogP contribution in [0.4, 0.5) is 10.1 Å². The Morgan fingerprint density at radius 1 is 1.00 bits per heavy atom. The van der Waals surface area contributed by atoms with E-state index < -0.39 is 0 Å². The number of piperazine rings is 1.